The van der Waals surface area contributed by atoms with Crippen molar-refractivity contribution in [2.75, 3.05) is 30.7 Å². The average molecular weight is 368 g/mol. The van der Waals surface area contributed by atoms with Crippen LogP contribution in [0.3, 0.4) is 0 Å². The number of thioether (sulfide) groups is 1. The molecule has 0 unspecified atom stereocenters. The fourth-order valence-electron chi connectivity index (χ4n) is 3.33. The fourth-order valence-corrected chi connectivity index (χ4v) is 4.08. The summed E-state index contributed by atoms with van der Waals surface area (Å²) in [6, 6.07) is 18.2. The second-order valence-corrected chi connectivity index (χ2v) is 7.58. The summed E-state index contributed by atoms with van der Waals surface area (Å²) in [4.78, 5) is 15.7. The van der Waals surface area contributed by atoms with Crippen LogP contribution >= 0.6 is 11.8 Å². The molecule has 1 amide bonds. The van der Waals surface area contributed by atoms with Crippen molar-refractivity contribution in [1.29, 1.82) is 0 Å². The van der Waals surface area contributed by atoms with Crippen LogP contribution in [0.4, 0.5) is 5.69 Å². The van der Waals surface area contributed by atoms with Gasteiger partial charge >= 0.3 is 0 Å². The van der Waals surface area contributed by atoms with E-state index in [0.717, 1.165) is 29.4 Å². The molecule has 1 aliphatic heterocycles. The third kappa shape index (κ3) is 4.75. The Bertz CT molecular complexity index is 750. The lowest BCUT2D eigenvalue weighted by Gasteiger charge is -2.16. The number of anilines is 1. The molecule has 4 nitrogen and oxygen atoms in total. The zero-order chi connectivity index (χ0) is 18.4. The van der Waals surface area contributed by atoms with Crippen molar-refractivity contribution < 1.29 is 4.79 Å². The monoisotopic (exact) mass is 367 g/mol. The quantitative estimate of drug-likeness (QED) is 0.582. The van der Waals surface area contributed by atoms with E-state index in [1.54, 1.807) is 11.8 Å². The van der Waals surface area contributed by atoms with E-state index < -0.39 is 0 Å². The Kier molecular flexibility index (Phi) is 6.50. The number of amides is 1. The van der Waals surface area contributed by atoms with Crippen molar-refractivity contribution in [3.05, 3.63) is 72.8 Å². The summed E-state index contributed by atoms with van der Waals surface area (Å²) in [6.45, 7) is 5.65. The van der Waals surface area contributed by atoms with Gasteiger partial charge in [-0.25, -0.2) is 0 Å². The lowest BCUT2D eigenvalue weighted by atomic mass is 9.95. The molecule has 26 heavy (non-hydrogen) atoms. The first-order valence-corrected chi connectivity index (χ1v) is 9.81. The number of hydrogen-bond acceptors (Lipinski definition) is 4. The molecule has 3 rings (SSSR count). The van der Waals surface area contributed by atoms with E-state index in [0.29, 0.717) is 6.54 Å². The van der Waals surface area contributed by atoms with Gasteiger partial charge < -0.3 is 11.1 Å². The molecule has 1 saturated heterocycles. The minimum Gasteiger partial charge on any atom is -0.326 e. The van der Waals surface area contributed by atoms with Crippen LogP contribution in [0.5, 0.6) is 0 Å². The Morgan fingerprint density at radius 1 is 1.19 bits per heavy atom. The smallest absolute Gasteiger partial charge is 0.238 e. The van der Waals surface area contributed by atoms with E-state index in [1.807, 2.05) is 48.5 Å². The van der Waals surface area contributed by atoms with Crippen LogP contribution in [0, 0.1) is 0 Å². The summed E-state index contributed by atoms with van der Waals surface area (Å²) in [5, 5.41) is 3.04. The highest BCUT2D eigenvalue weighted by molar-refractivity contribution is 7.99. The van der Waals surface area contributed by atoms with Crippen LogP contribution in [0.2, 0.25) is 0 Å². The molecular formula is C21H25N3OS. The van der Waals surface area contributed by atoms with Gasteiger partial charge in [0.05, 0.1) is 12.2 Å². The Hall–Kier alpha value is -2.08. The highest BCUT2D eigenvalue weighted by Crippen LogP contribution is 2.28. The molecule has 1 aliphatic rings. The zero-order valence-electron chi connectivity index (χ0n) is 14.8. The van der Waals surface area contributed by atoms with E-state index >= 15 is 0 Å². The number of nitrogens with one attached hydrogen (secondary N) is 1. The van der Waals surface area contributed by atoms with Crippen LogP contribution < -0.4 is 11.1 Å². The molecule has 0 radical (unpaired) electrons. The second-order valence-electron chi connectivity index (χ2n) is 6.52. The molecule has 5 heteroatoms. The van der Waals surface area contributed by atoms with Gasteiger partial charge in [0.2, 0.25) is 5.91 Å². The van der Waals surface area contributed by atoms with Crippen LogP contribution in [-0.2, 0) is 4.79 Å². The van der Waals surface area contributed by atoms with Gasteiger partial charge in [0.15, 0.2) is 0 Å². The normalized spacial score (nSPS) is 20.0. The largest absolute Gasteiger partial charge is 0.326 e. The van der Waals surface area contributed by atoms with Crippen molar-refractivity contribution in [2.24, 2.45) is 5.73 Å². The van der Waals surface area contributed by atoms with Crippen LogP contribution in [0.1, 0.15) is 11.5 Å². The first-order valence-electron chi connectivity index (χ1n) is 8.83. The number of benzene rings is 2. The van der Waals surface area contributed by atoms with Crippen molar-refractivity contribution in [3.63, 3.8) is 0 Å². The van der Waals surface area contributed by atoms with Crippen LogP contribution in [0.15, 0.2) is 72.1 Å². The molecule has 1 heterocycles. The van der Waals surface area contributed by atoms with Gasteiger partial charge in [-0.15, -0.1) is 18.3 Å². The number of nitrogens with two attached hydrogens (primary N) is 1. The number of carbonyl (C=O) groups excluding carboxylic acids is 1. The van der Waals surface area contributed by atoms with Gasteiger partial charge in [0.1, 0.15) is 0 Å². The summed E-state index contributed by atoms with van der Waals surface area (Å²) in [6.07, 6.45) is 1.86. The summed E-state index contributed by atoms with van der Waals surface area (Å²) in [5.74, 6) is 1.09. The molecule has 0 saturated carbocycles. The third-order valence-corrected chi connectivity index (χ3v) is 5.62. The fraction of sp³-hybridized carbons (Fsp3) is 0.286. The number of likely N-dealkylation sites (tertiary alicyclic amines) is 1. The lowest BCUT2D eigenvalue weighted by Crippen LogP contribution is -2.33. The van der Waals surface area contributed by atoms with Gasteiger partial charge in [-0.05, 0) is 17.7 Å². The van der Waals surface area contributed by atoms with Gasteiger partial charge in [-0.3, -0.25) is 9.69 Å². The molecule has 0 bridgehead atoms. The highest BCUT2D eigenvalue weighted by Gasteiger charge is 2.32. The van der Waals surface area contributed by atoms with E-state index in [1.165, 1.54) is 5.56 Å². The maximum Gasteiger partial charge on any atom is 0.238 e. The molecule has 2 aromatic carbocycles. The van der Waals surface area contributed by atoms with Gasteiger partial charge in [-0.1, -0.05) is 48.5 Å². The minimum absolute atomic E-state index is 0.00225. The minimum atomic E-state index is -0.00225. The maximum atomic E-state index is 12.5. The summed E-state index contributed by atoms with van der Waals surface area (Å²) in [7, 11) is 0. The molecule has 3 N–H and O–H groups in total. The summed E-state index contributed by atoms with van der Waals surface area (Å²) < 4.78 is 0. The van der Waals surface area contributed by atoms with E-state index in [4.69, 9.17) is 5.73 Å². The molecule has 136 valence electrons. The Balaban J connectivity index is 1.58. The molecule has 2 atom stereocenters. The van der Waals surface area contributed by atoms with Gasteiger partial charge in [0.25, 0.3) is 0 Å². The molecular weight excluding hydrogens is 342 g/mol. The Morgan fingerprint density at radius 2 is 1.92 bits per heavy atom. The van der Waals surface area contributed by atoms with Crippen molar-refractivity contribution in [3.8, 4) is 0 Å². The third-order valence-electron chi connectivity index (χ3n) is 4.55. The second kappa shape index (κ2) is 9.03. The molecule has 2 aromatic rings. The van der Waals surface area contributed by atoms with Crippen molar-refractivity contribution >= 4 is 23.4 Å². The van der Waals surface area contributed by atoms with Crippen molar-refractivity contribution in [2.45, 2.75) is 16.9 Å². The summed E-state index contributed by atoms with van der Waals surface area (Å²) in [5.41, 5.74) is 8.42. The number of nitrogens with zero attached hydrogens (tertiary/aromatic N) is 1. The number of para-hydroxylation sites is 1. The Morgan fingerprint density at radius 3 is 2.69 bits per heavy atom. The molecule has 0 aromatic heterocycles. The van der Waals surface area contributed by atoms with E-state index in [9.17, 15) is 4.79 Å². The molecule has 0 aliphatic carbocycles. The predicted molar refractivity (Wildman–Crippen MR) is 110 cm³/mol. The topological polar surface area (TPSA) is 58.4 Å². The van der Waals surface area contributed by atoms with E-state index in [-0.39, 0.29) is 17.9 Å². The SMILES string of the molecule is C=CCSc1ccccc1NC(=O)CN1C[C@@H](N)[C@H](c2ccccc2)C1. The van der Waals surface area contributed by atoms with Crippen molar-refractivity contribution in [1.82, 2.24) is 4.90 Å². The Labute approximate surface area is 159 Å². The zero-order valence-corrected chi connectivity index (χ0v) is 15.6. The van der Waals surface area contributed by atoms with Gasteiger partial charge in [-0.2, -0.15) is 0 Å². The van der Waals surface area contributed by atoms with Crippen LogP contribution in [0.25, 0.3) is 0 Å². The molecule has 1 fully saturated rings. The highest BCUT2D eigenvalue weighted by atomic mass is 32.2. The number of hydrogen-bond donors (Lipinski definition) is 2. The lowest BCUT2D eigenvalue weighted by molar-refractivity contribution is -0.117. The number of rotatable bonds is 7. The van der Waals surface area contributed by atoms with Gasteiger partial charge in [0, 0.05) is 35.7 Å². The first kappa shape index (κ1) is 18.7. The predicted octanol–water partition coefficient (Wildman–Crippen LogP) is 3.33. The maximum absolute atomic E-state index is 12.5. The standard InChI is InChI=1S/C21H25N3OS/c1-2-12-26-20-11-7-6-10-19(20)23-21(25)15-24-13-17(18(22)14-24)16-8-4-3-5-9-16/h2-11,17-18H,1,12-15,22H2,(H,23,25)/t17-,18+/m0/s1. The first-order chi connectivity index (χ1) is 12.7. The average Bonchev–Trinajstić information content (AvgIpc) is 3.01. The number of carbonyl (C=O) groups is 1. The molecule has 0 spiro atoms. The summed E-state index contributed by atoms with van der Waals surface area (Å²) >= 11 is 1.66. The van der Waals surface area contributed by atoms with E-state index in [2.05, 4.69) is 28.9 Å². The van der Waals surface area contributed by atoms with Crippen LogP contribution in [-0.4, -0.2) is 42.2 Å².